The van der Waals surface area contributed by atoms with Crippen molar-refractivity contribution in [3.8, 4) is 0 Å². The first-order valence-corrected chi connectivity index (χ1v) is 10.8. The molecule has 5 N–H and O–H groups in total. The molecule has 9 nitrogen and oxygen atoms in total. The van der Waals surface area contributed by atoms with Gasteiger partial charge in [0.1, 0.15) is 23.7 Å². The van der Waals surface area contributed by atoms with Crippen LogP contribution >= 0.6 is 0 Å². The fourth-order valence-corrected chi connectivity index (χ4v) is 4.22. The number of primary amides is 1. The predicted molar refractivity (Wildman–Crippen MR) is 119 cm³/mol. The number of pyridine rings is 1. The van der Waals surface area contributed by atoms with Crippen molar-refractivity contribution in [2.75, 3.05) is 18.4 Å². The molecule has 2 heterocycles. The summed E-state index contributed by atoms with van der Waals surface area (Å²) in [6.07, 6.45) is 1.81. The number of halogens is 2. The van der Waals surface area contributed by atoms with Gasteiger partial charge in [0, 0.05) is 30.1 Å². The van der Waals surface area contributed by atoms with Gasteiger partial charge in [-0.2, -0.15) is 0 Å². The first kappa shape index (κ1) is 23.3. The van der Waals surface area contributed by atoms with Crippen LogP contribution in [0.5, 0.6) is 0 Å². The number of carbonyl (C=O) groups is 3. The number of nitrogens with one attached hydrogen (secondary N) is 3. The summed E-state index contributed by atoms with van der Waals surface area (Å²) in [7, 11) is 0. The number of rotatable bonds is 8. The molecule has 1 unspecified atom stereocenters. The summed E-state index contributed by atoms with van der Waals surface area (Å²) in [5.74, 6) is -2.43. The van der Waals surface area contributed by atoms with Gasteiger partial charge in [-0.3, -0.25) is 24.8 Å². The van der Waals surface area contributed by atoms with Gasteiger partial charge in [-0.15, -0.1) is 0 Å². The lowest BCUT2D eigenvalue weighted by molar-refractivity contribution is -0.137. The van der Waals surface area contributed by atoms with Crippen LogP contribution in [-0.4, -0.2) is 64.7 Å². The number of hydrogen-bond acceptors (Lipinski definition) is 6. The molecule has 4 atom stereocenters. The van der Waals surface area contributed by atoms with E-state index in [0.29, 0.717) is 12.0 Å². The van der Waals surface area contributed by atoms with E-state index in [4.69, 9.17) is 11.1 Å². The van der Waals surface area contributed by atoms with Crippen molar-refractivity contribution in [2.24, 2.45) is 5.73 Å². The third kappa shape index (κ3) is 4.87. The zero-order valence-electron chi connectivity index (χ0n) is 18.1. The number of likely N-dealkylation sites (tertiary alicyclic amines) is 1. The predicted octanol–water partition coefficient (Wildman–Crippen LogP) is 1.10. The van der Waals surface area contributed by atoms with Crippen molar-refractivity contribution in [3.05, 3.63) is 59.7 Å². The highest BCUT2D eigenvalue weighted by Gasteiger charge is 2.45. The summed E-state index contributed by atoms with van der Waals surface area (Å²) in [5, 5.41) is 13.4. The summed E-state index contributed by atoms with van der Waals surface area (Å²) >= 11 is 0. The third-order valence-electron chi connectivity index (χ3n) is 6.06. The van der Waals surface area contributed by atoms with E-state index in [0.717, 1.165) is 0 Å². The highest BCUT2D eigenvalue weighted by molar-refractivity contribution is 6.44. The van der Waals surface area contributed by atoms with Gasteiger partial charge < -0.3 is 21.3 Å². The second-order valence-corrected chi connectivity index (χ2v) is 8.39. The summed E-state index contributed by atoms with van der Waals surface area (Å²) in [6.45, 7) is -0.528. The van der Waals surface area contributed by atoms with Crippen molar-refractivity contribution in [2.45, 2.75) is 37.0 Å². The Morgan fingerprint density at radius 3 is 2.71 bits per heavy atom. The van der Waals surface area contributed by atoms with Gasteiger partial charge in [0.15, 0.2) is 0 Å². The number of anilines is 1. The van der Waals surface area contributed by atoms with Gasteiger partial charge in [-0.1, -0.05) is 18.2 Å². The molecule has 2 aromatic rings. The lowest BCUT2D eigenvalue weighted by Gasteiger charge is -2.24. The minimum atomic E-state index is -1.35. The number of nitrogens with two attached hydrogens (primary N) is 1. The lowest BCUT2D eigenvalue weighted by atomic mass is 10.1. The van der Waals surface area contributed by atoms with E-state index in [2.05, 4.69) is 15.6 Å². The van der Waals surface area contributed by atoms with Gasteiger partial charge >= 0.3 is 0 Å². The molecule has 0 radical (unpaired) electrons. The molecular formula is C23H24F2N6O3. The lowest BCUT2D eigenvalue weighted by Crippen LogP contribution is -2.48. The second kappa shape index (κ2) is 9.54. The maximum Gasteiger partial charge on any atom is 0.267 e. The van der Waals surface area contributed by atoms with Gasteiger partial charge in [-0.05, 0) is 24.1 Å². The highest BCUT2D eigenvalue weighted by atomic mass is 19.1. The molecule has 2 fully saturated rings. The number of aromatic nitrogens is 1. The van der Waals surface area contributed by atoms with Gasteiger partial charge in [0.05, 0.1) is 25.0 Å². The number of nitrogens with zero attached hydrogens (tertiary/aromatic N) is 2. The molecular weight excluding hydrogens is 446 g/mol. The first-order valence-electron chi connectivity index (χ1n) is 10.8. The van der Waals surface area contributed by atoms with E-state index in [1.807, 2.05) is 0 Å². The molecule has 1 aromatic heterocycles. The van der Waals surface area contributed by atoms with Gasteiger partial charge in [0.25, 0.3) is 5.91 Å². The number of alkyl halides is 1. The van der Waals surface area contributed by atoms with Crippen molar-refractivity contribution >= 4 is 29.1 Å². The molecule has 3 amide bonds. The summed E-state index contributed by atoms with van der Waals surface area (Å²) in [4.78, 5) is 42.1. The molecule has 11 heteroatoms. The number of benzene rings is 1. The zero-order valence-corrected chi connectivity index (χ0v) is 18.1. The Hall–Kier alpha value is -3.89. The largest absolute Gasteiger partial charge is 0.374 e. The van der Waals surface area contributed by atoms with Crippen LogP contribution in [0.2, 0.25) is 0 Å². The Morgan fingerprint density at radius 1 is 1.21 bits per heavy atom. The highest BCUT2D eigenvalue weighted by Crippen LogP contribution is 2.42. The quantitative estimate of drug-likeness (QED) is 0.428. The molecule has 178 valence electrons. The first-order chi connectivity index (χ1) is 16.3. The van der Waals surface area contributed by atoms with E-state index in [-0.39, 0.29) is 48.5 Å². The number of amides is 3. The van der Waals surface area contributed by atoms with E-state index < -0.39 is 35.6 Å². The van der Waals surface area contributed by atoms with Crippen LogP contribution in [0.15, 0.2) is 42.7 Å². The van der Waals surface area contributed by atoms with Crippen LogP contribution in [0.3, 0.4) is 0 Å². The fraction of sp³-hybridized carbons (Fsp3) is 0.348. The minimum absolute atomic E-state index is 0.126. The van der Waals surface area contributed by atoms with Gasteiger partial charge in [-0.25, -0.2) is 8.78 Å². The summed E-state index contributed by atoms with van der Waals surface area (Å²) < 4.78 is 28.2. The molecule has 0 spiro atoms. The van der Waals surface area contributed by atoms with Crippen LogP contribution in [0.4, 0.5) is 14.5 Å². The van der Waals surface area contributed by atoms with Crippen LogP contribution in [0.25, 0.3) is 0 Å². The maximum atomic E-state index is 14.2. The normalized spacial score (nSPS) is 23.3. The van der Waals surface area contributed by atoms with E-state index in [9.17, 15) is 23.2 Å². The van der Waals surface area contributed by atoms with Gasteiger partial charge in [0.2, 0.25) is 11.8 Å². The molecule has 0 bridgehead atoms. The molecule has 1 aliphatic carbocycles. The Bertz CT molecular complexity index is 1140. The average molecular weight is 470 g/mol. The zero-order chi connectivity index (χ0) is 24.4. The van der Waals surface area contributed by atoms with E-state index in [1.165, 1.54) is 29.4 Å². The van der Waals surface area contributed by atoms with Crippen molar-refractivity contribution in [1.82, 2.24) is 15.2 Å². The molecule has 1 saturated heterocycles. The molecule has 1 aliphatic heterocycles. The SMILES string of the molecule is N=C(C(N)=O)c1ccncc1NCC(=O)N1C[C@H](F)C[C@H]1C(=O)NC1C[C@@H]1c1ccccc1F. The van der Waals surface area contributed by atoms with Crippen LogP contribution in [0.1, 0.15) is 29.9 Å². The summed E-state index contributed by atoms with van der Waals surface area (Å²) in [5.41, 5.74) is 5.64. The van der Waals surface area contributed by atoms with E-state index >= 15 is 0 Å². The number of hydrogen-bond donors (Lipinski definition) is 4. The molecule has 4 rings (SSSR count). The Balaban J connectivity index is 1.38. The smallest absolute Gasteiger partial charge is 0.267 e. The number of carbonyl (C=O) groups excluding carboxylic acids is 3. The fourth-order valence-electron chi connectivity index (χ4n) is 4.22. The second-order valence-electron chi connectivity index (χ2n) is 8.39. The van der Waals surface area contributed by atoms with Crippen molar-refractivity contribution < 1.29 is 23.2 Å². The molecule has 2 aliphatic rings. The van der Waals surface area contributed by atoms with Crippen LogP contribution in [-0.2, 0) is 14.4 Å². The molecule has 34 heavy (non-hydrogen) atoms. The Labute approximate surface area is 194 Å². The van der Waals surface area contributed by atoms with Crippen LogP contribution < -0.4 is 16.4 Å². The summed E-state index contributed by atoms with van der Waals surface area (Å²) in [6, 6.07) is 6.52. The Morgan fingerprint density at radius 2 is 1.97 bits per heavy atom. The molecule has 1 saturated carbocycles. The minimum Gasteiger partial charge on any atom is -0.374 e. The van der Waals surface area contributed by atoms with Crippen molar-refractivity contribution in [3.63, 3.8) is 0 Å². The maximum absolute atomic E-state index is 14.2. The average Bonchev–Trinajstić information content (AvgIpc) is 3.46. The standard InChI is InChI=1S/C23H24F2N6O3/c24-12-7-19(23(34)30-17-8-15(17)13-3-1-2-4-16(13)25)31(11-12)20(32)10-29-18-9-28-6-5-14(18)21(26)22(27)33/h1-6,9,12,15,17,19,26,29H,7-8,10-11H2,(H2,27,33)(H,30,34)/t12-,15-,17?,19+/m1/s1. The molecule has 1 aromatic carbocycles. The van der Waals surface area contributed by atoms with E-state index in [1.54, 1.807) is 18.2 Å². The third-order valence-corrected chi connectivity index (χ3v) is 6.06. The monoisotopic (exact) mass is 470 g/mol. The Kier molecular flexibility index (Phi) is 6.53. The van der Waals surface area contributed by atoms with Crippen molar-refractivity contribution in [1.29, 1.82) is 5.41 Å². The topological polar surface area (TPSA) is 141 Å². The van der Waals surface area contributed by atoms with Crippen LogP contribution in [0, 0.1) is 11.2 Å².